The van der Waals surface area contributed by atoms with Crippen LogP contribution in [-0.2, 0) is 6.61 Å². The molecule has 2 aromatic heterocycles. The summed E-state index contributed by atoms with van der Waals surface area (Å²) in [7, 11) is 0. The summed E-state index contributed by atoms with van der Waals surface area (Å²) in [4.78, 5) is 15.0. The van der Waals surface area contributed by atoms with E-state index in [1.165, 1.54) is 18.4 Å². The van der Waals surface area contributed by atoms with Gasteiger partial charge in [0.1, 0.15) is 5.75 Å². The molecule has 0 aliphatic rings. The van der Waals surface area contributed by atoms with E-state index in [0.717, 1.165) is 0 Å². The molecule has 0 saturated carbocycles. The van der Waals surface area contributed by atoms with Gasteiger partial charge in [-0.3, -0.25) is 0 Å². The van der Waals surface area contributed by atoms with E-state index >= 15 is 0 Å². The second-order valence-electron chi connectivity index (χ2n) is 4.11. The van der Waals surface area contributed by atoms with E-state index in [-0.39, 0.29) is 18.1 Å². The molecular weight excluding hydrogens is 276 g/mol. The Kier molecular flexibility index (Phi) is 3.38. The van der Waals surface area contributed by atoms with Crippen molar-refractivity contribution < 1.29 is 23.6 Å². The van der Waals surface area contributed by atoms with Gasteiger partial charge in [-0.25, -0.2) is 4.79 Å². The molecular formula is C14H10N2O5. The number of hydrogen-bond acceptors (Lipinski definition) is 6. The van der Waals surface area contributed by atoms with Crippen molar-refractivity contribution in [2.75, 3.05) is 0 Å². The first-order valence-corrected chi connectivity index (χ1v) is 6.05. The van der Waals surface area contributed by atoms with Crippen molar-refractivity contribution in [1.82, 2.24) is 10.1 Å². The molecule has 7 nitrogen and oxygen atoms in total. The number of benzene rings is 1. The largest absolute Gasteiger partial charge is 0.484 e. The molecule has 3 rings (SSSR count). The molecule has 0 fully saturated rings. The van der Waals surface area contributed by atoms with Gasteiger partial charge < -0.3 is 18.8 Å². The normalized spacial score (nSPS) is 10.5. The minimum Gasteiger partial charge on any atom is -0.484 e. The maximum atomic E-state index is 10.9. The summed E-state index contributed by atoms with van der Waals surface area (Å²) in [6, 6.07) is 9.59. The number of hydrogen-bond donors (Lipinski definition) is 1. The number of carboxylic acid groups (broad SMARTS) is 1. The maximum Gasteiger partial charge on any atom is 0.335 e. The van der Waals surface area contributed by atoms with Crippen molar-refractivity contribution in [2.45, 2.75) is 6.61 Å². The van der Waals surface area contributed by atoms with Gasteiger partial charge in [-0.05, 0) is 30.3 Å². The molecule has 2 heterocycles. The highest BCUT2D eigenvalue weighted by Crippen LogP contribution is 2.18. The van der Waals surface area contributed by atoms with E-state index in [4.69, 9.17) is 18.8 Å². The monoisotopic (exact) mass is 286 g/mol. The van der Waals surface area contributed by atoms with Crippen LogP contribution < -0.4 is 4.74 Å². The third kappa shape index (κ3) is 2.92. The Morgan fingerprint density at radius 1 is 1.29 bits per heavy atom. The summed E-state index contributed by atoms with van der Waals surface area (Å²) in [6.07, 6.45) is 1.51. The number of aromatic carboxylic acids is 1. The number of carbonyl (C=O) groups is 1. The minimum absolute atomic E-state index is 0.0385. The summed E-state index contributed by atoms with van der Waals surface area (Å²) < 4.78 is 15.6. The second kappa shape index (κ2) is 5.49. The number of rotatable bonds is 5. The van der Waals surface area contributed by atoms with Crippen molar-refractivity contribution in [3.63, 3.8) is 0 Å². The van der Waals surface area contributed by atoms with E-state index in [1.54, 1.807) is 24.3 Å². The number of nitrogens with zero attached hydrogens (tertiary/aromatic N) is 2. The Hall–Kier alpha value is -3.09. The summed E-state index contributed by atoms with van der Waals surface area (Å²) in [6.45, 7) is 0.0385. The molecule has 0 aliphatic carbocycles. The van der Waals surface area contributed by atoms with Crippen molar-refractivity contribution in [1.29, 1.82) is 0 Å². The van der Waals surface area contributed by atoms with Crippen molar-refractivity contribution in [3.05, 3.63) is 54.1 Å². The van der Waals surface area contributed by atoms with Gasteiger partial charge >= 0.3 is 5.97 Å². The first kappa shape index (κ1) is 12.9. The fraction of sp³-hybridized carbons (Fsp3) is 0.0714. The van der Waals surface area contributed by atoms with E-state index in [0.29, 0.717) is 17.3 Å². The van der Waals surface area contributed by atoms with E-state index in [9.17, 15) is 4.79 Å². The molecule has 0 unspecified atom stereocenters. The SMILES string of the molecule is O=C(O)c1cccc(OCc2nc(-c3ccco3)no2)c1. The van der Waals surface area contributed by atoms with Crippen LogP contribution in [0.15, 0.2) is 51.6 Å². The number of aromatic nitrogens is 2. The molecule has 3 aromatic rings. The number of carboxylic acids is 1. The molecule has 106 valence electrons. The molecule has 0 bridgehead atoms. The summed E-state index contributed by atoms with van der Waals surface area (Å²) in [5.41, 5.74) is 0.148. The molecule has 0 spiro atoms. The van der Waals surface area contributed by atoms with E-state index < -0.39 is 5.97 Å². The molecule has 0 saturated heterocycles. The number of furan rings is 1. The summed E-state index contributed by atoms with van der Waals surface area (Å²) in [5, 5.41) is 12.7. The van der Waals surface area contributed by atoms with Gasteiger partial charge in [0.2, 0.25) is 5.82 Å². The zero-order chi connectivity index (χ0) is 14.7. The lowest BCUT2D eigenvalue weighted by Crippen LogP contribution is -1.99. The lowest BCUT2D eigenvalue weighted by Gasteiger charge is -2.03. The molecule has 1 N–H and O–H groups in total. The lowest BCUT2D eigenvalue weighted by molar-refractivity contribution is 0.0696. The van der Waals surface area contributed by atoms with Gasteiger partial charge in [0.15, 0.2) is 12.4 Å². The third-order valence-corrected chi connectivity index (χ3v) is 2.65. The van der Waals surface area contributed by atoms with Crippen LogP contribution in [0.5, 0.6) is 5.75 Å². The van der Waals surface area contributed by atoms with Gasteiger partial charge in [0.05, 0.1) is 11.8 Å². The molecule has 0 aliphatic heterocycles. The second-order valence-corrected chi connectivity index (χ2v) is 4.11. The first-order valence-electron chi connectivity index (χ1n) is 6.05. The predicted molar refractivity (Wildman–Crippen MR) is 69.7 cm³/mol. The zero-order valence-corrected chi connectivity index (χ0v) is 10.7. The maximum absolute atomic E-state index is 10.9. The highest BCUT2D eigenvalue weighted by atomic mass is 16.5. The van der Waals surface area contributed by atoms with Crippen LogP contribution in [0, 0.1) is 0 Å². The van der Waals surface area contributed by atoms with Crippen LogP contribution in [-0.4, -0.2) is 21.2 Å². The van der Waals surface area contributed by atoms with Gasteiger partial charge in [-0.15, -0.1) is 0 Å². The van der Waals surface area contributed by atoms with Gasteiger partial charge in [-0.2, -0.15) is 4.98 Å². The number of ether oxygens (including phenoxy) is 1. The molecule has 0 amide bonds. The average Bonchev–Trinajstić information content (AvgIpc) is 3.16. The topological polar surface area (TPSA) is 98.6 Å². The van der Waals surface area contributed by atoms with Crippen LogP contribution in [0.25, 0.3) is 11.6 Å². The Morgan fingerprint density at radius 3 is 2.95 bits per heavy atom. The fourth-order valence-corrected chi connectivity index (χ4v) is 1.68. The minimum atomic E-state index is -1.02. The predicted octanol–water partition coefficient (Wildman–Crippen LogP) is 2.61. The molecule has 7 heteroatoms. The van der Waals surface area contributed by atoms with Crippen LogP contribution in [0.3, 0.4) is 0 Å². The molecule has 21 heavy (non-hydrogen) atoms. The third-order valence-electron chi connectivity index (χ3n) is 2.65. The van der Waals surface area contributed by atoms with Crippen LogP contribution >= 0.6 is 0 Å². The van der Waals surface area contributed by atoms with Crippen molar-refractivity contribution in [2.24, 2.45) is 0 Å². The van der Waals surface area contributed by atoms with Crippen LogP contribution in [0.1, 0.15) is 16.2 Å². The van der Waals surface area contributed by atoms with Gasteiger partial charge in [0.25, 0.3) is 5.89 Å². The van der Waals surface area contributed by atoms with Gasteiger partial charge in [-0.1, -0.05) is 11.2 Å². The standard InChI is InChI=1S/C14H10N2O5/c17-14(18)9-3-1-4-10(7-9)20-8-12-15-13(16-21-12)11-5-2-6-19-11/h1-7H,8H2,(H,17,18). The first-order chi connectivity index (χ1) is 10.2. The summed E-state index contributed by atoms with van der Waals surface area (Å²) in [5.74, 6) is 0.490. The highest BCUT2D eigenvalue weighted by molar-refractivity contribution is 5.87. The fourth-order valence-electron chi connectivity index (χ4n) is 1.68. The molecule has 1 aromatic carbocycles. The van der Waals surface area contributed by atoms with Crippen LogP contribution in [0.4, 0.5) is 0 Å². The Balaban J connectivity index is 1.68. The Labute approximate surface area is 118 Å². The smallest absolute Gasteiger partial charge is 0.335 e. The van der Waals surface area contributed by atoms with Crippen molar-refractivity contribution in [3.8, 4) is 17.3 Å². The quantitative estimate of drug-likeness (QED) is 0.769. The molecule has 0 radical (unpaired) electrons. The van der Waals surface area contributed by atoms with Crippen LogP contribution in [0.2, 0.25) is 0 Å². The lowest BCUT2D eigenvalue weighted by atomic mass is 10.2. The van der Waals surface area contributed by atoms with Crippen molar-refractivity contribution >= 4 is 5.97 Å². The van der Waals surface area contributed by atoms with E-state index in [1.807, 2.05) is 0 Å². The average molecular weight is 286 g/mol. The Morgan fingerprint density at radius 2 is 2.19 bits per heavy atom. The van der Waals surface area contributed by atoms with Gasteiger partial charge in [0, 0.05) is 0 Å². The van der Waals surface area contributed by atoms with E-state index in [2.05, 4.69) is 10.1 Å². The summed E-state index contributed by atoms with van der Waals surface area (Å²) >= 11 is 0. The highest BCUT2D eigenvalue weighted by Gasteiger charge is 2.11. The Bertz CT molecular complexity index is 748. The molecule has 0 atom stereocenters. The zero-order valence-electron chi connectivity index (χ0n) is 10.7.